The first kappa shape index (κ1) is 12.5. The molecule has 3 nitrogen and oxygen atoms in total. The Hall–Kier alpha value is -1.58. The molecule has 3 heteroatoms. The van der Waals surface area contributed by atoms with Crippen LogP contribution in [-0.2, 0) is 0 Å². The zero-order valence-electron chi connectivity index (χ0n) is 11.2. The van der Waals surface area contributed by atoms with E-state index < -0.39 is 0 Å². The summed E-state index contributed by atoms with van der Waals surface area (Å²) in [6.07, 6.45) is 2.20. The Morgan fingerprint density at radius 1 is 1.11 bits per heavy atom. The second-order valence-electron chi connectivity index (χ2n) is 5.27. The number of fused-ring (bicyclic) bond motifs is 1. The minimum atomic E-state index is 0.524. The number of hydrazine groups is 1. The Labute approximate surface area is 113 Å². The average molecular weight is 256 g/mol. The highest BCUT2D eigenvalue weighted by Crippen LogP contribution is 2.21. The molecule has 0 spiro atoms. The number of nitrogens with one attached hydrogen (secondary N) is 2. The molecule has 0 aliphatic carbocycles. The molecular weight excluding hydrogens is 236 g/mol. The highest BCUT2D eigenvalue weighted by molar-refractivity contribution is 5.83. The molecule has 19 heavy (non-hydrogen) atoms. The maximum absolute atomic E-state index is 5.84. The molecule has 2 aromatic carbocycles. The fourth-order valence-corrected chi connectivity index (χ4v) is 2.57. The molecule has 2 atom stereocenters. The molecule has 1 heterocycles. The van der Waals surface area contributed by atoms with E-state index in [1.54, 1.807) is 0 Å². The molecule has 1 aliphatic heterocycles. The molecular formula is C16H20N2O. The highest BCUT2D eigenvalue weighted by Gasteiger charge is 2.19. The second-order valence-corrected chi connectivity index (χ2v) is 5.27. The summed E-state index contributed by atoms with van der Waals surface area (Å²) in [7, 11) is 0. The SMILES string of the molecule is CC1CC(CCOc2ccc3ccccc3c2)NN1. The summed E-state index contributed by atoms with van der Waals surface area (Å²) >= 11 is 0. The van der Waals surface area contributed by atoms with Gasteiger partial charge in [-0.15, -0.1) is 0 Å². The van der Waals surface area contributed by atoms with E-state index in [9.17, 15) is 0 Å². The summed E-state index contributed by atoms with van der Waals surface area (Å²) in [5.41, 5.74) is 6.53. The van der Waals surface area contributed by atoms with Gasteiger partial charge < -0.3 is 4.74 Å². The lowest BCUT2D eigenvalue weighted by Crippen LogP contribution is -2.33. The molecule has 0 saturated carbocycles. The van der Waals surface area contributed by atoms with Crippen molar-refractivity contribution in [2.75, 3.05) is 6.61 Å². The second kappa shape index (κ2) is 5.59. The van der Waals surface area contributed by atoms with Crippen molar-refractivity contribution in [1.29, 1.82) is 0 Å². The van der Waals surface area contributed by atoms with Gasteiger partial charge in [0, 0.05) is 12.1 Å². The smallest absolute Gasteiger partial charge is 0.119 e. The molecule has 0 bridgehead atoms. The lowest BCUT2D eigenvalue weighted by molar-refractivity contribution is 0.290. The number of benzene rings is 2. The van der Waals surface area contributed by atoms with Crippen LogP contribution in [0.5, 0.6) is 5.75 Å². The quantitative estimate of drug-likeness (QED) is 0.882. The van der Waals surface area contributed by atoms with Gasteiger partial charge >= 0.3 is 0 Å². The Morgan fingerprint density at radius 3 is 2.74 bits per heavy atom. The predicted octanol–water partition coefficient (Wildman–Crippen LogP) is 2.86. The maximum atomic E-state index is 5.84. The van der Waals surface area contributed by atoms with Gasteiger partial charge in [0.15, 0.2) is 0 Å². The van der Waals surface area contributed by atoms with Crippen LogP contribution in [0.1, 0.15) is 19.8 Å². The first-order valence-electron chi connectivity index (χ1n) is 6.94. The van der Waals surface area contributed by atoms with E-state index in [2.05, 4.69) is 54.2 Å². The predicted molar refractivity (Wildman–Crippen MR) is 78.2 cm³/mol. The minimum Gasteiger partial charge on any atom is -0.494 e. The Balaban J connectivity index is 1.56. The summed E-state index contributed by atoms with van der Waals surface area (Å²) in [5.74, 6) is 0.956. The van der Waals surface area contributed by atoms with E-state index in [1.165, 1.54) is 17.2 Å². The standard InChI is InChI=1S/C16H20N2O/c1-12-10-15(18-17-12)8-9-19-16-7-6-13-4-2-3-5-14(13)11-16/h2-7,11-12,15,17-18H,8-10H2,1H3. The average Bonchev–Trinajstić information content (AvgIpc) is 2.84. The molecule has 1 saturated heterocycles. The van der Waals surface area contributed by atoms with Gasteiger partial charge in [-0.05, 0) is 42.7 Å². The largest absolute Gasteiger partial charge is 0.494 e. The van der Waals surface area contributed by atoms with Crippen LogP contribution in [0.3, 0.4) is 0 Å². The zero-order valence-corrected chi connectivity index (χ0v) is 11.2. The fourth-order valence-electron chi connectivity index (χ4n) is 2.57. The van der Waals surface area contributed by atoms with Gasteiger partial charge in [0.2, 0.25) is 0 Å². The molecule has 0 aromatic heterocycles. The lowest BCUT2D eigenvalue weighted by Gasteiger charge is -2.11. The van der Waals surface area contributed by atoms with Gasteiger partial charge in [0.1, 0.15) is 5.75 Å². The van der Waals surface area contributed by atoms with Crippen LogP contribution in [0.25, 0.3) is 10.8 Å². The van der Waals surface area contributed by atoms with E-state index in [1.807, 2.05) is 6.07 Å². The summed E-state index contributed by atoms with van der Waals surface area (Å²) in [5, 5.41) is 2.49. The van der Waals surface area contributed by atoms with Gasteiger partial charge in [-0.3, -0.25) is 10.9 Å². The van der Waals surface area contributed by atoms with Crippen LogP contribution in [0.2, 0.25) is 0 Å². The monoisotopic (exact) mass is 256 g/mol. The topological polar surface area (TPSA) is 33.3 Å². The maximum Gasteiger partial charge on any atom is 0.119 e. The highest BCUT2D eigenvalue weighted by atomic mass is 16.5. The summed E-state index contributed by atoms with van der Waals surface area (Å²) in [6, 6.07) is 15.7. The van der Waals surface area contributed by atoms with Gasteiger partial charge in [0.25, 0.3) is 0 Å². The third kappa shape index (κ3) is 3.06. The lowest BCUT2D eigenvalue weighted by atomic mass is 10.1. The Bertz CT molecular complexity index is 555. The number of ether oxygens (including phenoxy) is 1. The van der Waals surface area contributed by atoms with Crippen molar-refractivity contribution in [3.8, 4) is 5.75 Å². The summed E-state index contributed by atoms with van der Waals surface area (Å²) in [4.78, 5) is 0. The first-order valence-corrected chi connectivity index (χ1v) is 6.94. The van der Waals surface area contributed by atoms with Crippen LogP contribution in [0, 0.1) is 0 Å². The van der Waals surface area contributed by atoms with E-state index in [0.29, 0.717) is 12.1 Å². The minimum absolute atomic E-state index is 0.524. The third-order valence-corrected chi connectivity index (χ3v) is 3.63. The Kier molecular flexibility index (Phi) is 3.67. The first-order chi connectivity index (χ1) is 9.31. The molecule has 1 aliphatic rings. The van der Waals surface area contributed by atoms with Crippen LogP contribution < -0.4 is 15.6 Å². The number of hydrogen-bond acceptors (Lipinski definition) is 3. The van der Waals surface area contributed by atoms with Crippen molar-refractivity contribution < 1.29 is 4.74 Å². The van der Waals surface area contributed by atoms with Crippen molar-refractivity contribution in [2.24, 2.45) is 0 Å². The van der Waals surface area contributed by atoms with Gasteiger partial charge in [0.05, 0.1) is 6.61 Å². The van der Waals surface area contributed by atoms with Gasteiger partial charge in [-0.1, -0.05) is 30.3 Å². The molecule has 2 N–H and O–H groups in total. The van der Waals surface area contributed by atoms with E-state index in [0.717, 1.165) is 18.8 Å². The number of hydrogen-bond donors (Lipinski definition) is 2. The fraction of sp³-hybridized carbons (Fsp3) is 0.375. The summed E-state index contributed by atoms with van der Waals surface area (Å²) in [6.45, 7) is 2.95. The zero-order chi connectivity index (χ0) is 13.1. The van der Waals surface area contributed by atoms with Gasteiger partial charge in [-0.2, -0.15) is 0 Å². The molecule has 2 aromatic rings. The summed E-state index contributed by atoms with van der Waals surface area (Å²) < 4.78 is 5.84. The van der Waals surface area contributed by atoms with Crippen LogP contribution >= 0.6 is 0 Å². The van der Waals surface area contributed by atoms with Crippen molar-refractivity contribution in [3.63, 3.8) is 0 Å². The molecule has 0 amide bonds. The Morgan fingerprint density at radius 2 is 1.95 bits per heavy atom. The van der Waals surface area contributed by atoms with Crippen molar-refractivity contribution in [1.82, 2.24) is 10.9 Å². The molecule has 3 rings (SSSR count). The molecule has 100 valence electrons. The van der Waals surface area contributed by atoms with Crippen LogP contribution in [-0.4, -0.2) is 18.7 Å². The molecule has 0 radical (unpaired) electrons. The van der Waals surface area contributed by atoms with Gasteiger partial charge in [-0.25, -0.2) is 0 Å². The molecule has 2 unspecified atom stereocenters. The van der Waals surface area contributed by atoms with Crippen LogP contribution in [0.4, 0.5) is 0 Å². The van der Waals surface area contributed by atoms with Crippen molar-refractivity contribution in [3.05, 3.63) is 42.5 Å². The van der Waals surface area contributed by atoms with E-state index >= 15 is 0 Å². The third-order valence-electron chi connectivity index (χ3n) is 3.63. The van der Waals surface area contributed by atoms with E-state index in [4.69, 9.17) is 4.74 Å². The van der Waals surface area contributed by atoms with Crippen LogP contribution in [0.15, 0.2) is 42.5 Å². The van der Waals surface area contributed by atoms with E-state index in [-0.39, 0.29) is 0 Å². The van der Waals surface area contributed by atoms with Crippen molar-refractivity contribution >= 4 is 10.8 Å². The number of rotatable bonds is 4. The molecule has 1 fully saturated rings. The van der Waals surface area contributed by atoms with Crippen molar-refractivity contribution in [2.45, 2.75) is 31.8 Å². The normalized spacial score (nSPS) is 22.8.